The molecule has 1 aromatic rings. The van der Waals surface area contributed by atoms with Crippen LogP contribution in [0.2, 0.25) is 25.7 Å². The molecule has 0 N–H and O–H groups in total. The summed E-state index contributed by atoms with van der Waals surface area (Å²) in [5.74, 6) is 0. The second-order valence-corrected chi connectivity index (χ2v) is 11.6. The van der Waals surface area contributed by atoms with Crippen molar-refractivity contribution in [2.45, 2.75) is 32.4 Å². The zero-order chi connectivity index (χ0) is 11.5. The van der Waals surface area contributed by atoms with Gasteiger partial charge in [-0.15, -0.1) is 10.2 Å². The highest BCUT2D eigenvalue weighted by molar-refractivity contribution is 9.13. The number of hydrogen-bond acceptors (Lipinski definition) is 3. The van der Waals surface area contributed by atoms with Gasteiger partial charge in [-0.1, -0.05) is 19.6 Å². The van der Waals surface area contributed by atoms with Gasteiger partial charge in [-0.05, 0) is 37.9 Å². The molecule has 0 unspecified atom stereocenters. The molecule has 86 valence electrons. The van der Waals surface area contributed by atoms with Crippen LogP contribution in [0.4, 0.5) is 0 Å². The van der Waals surface area contributed by atoms with Gasteiger partial charge in [0.25, 0.3) is 0 Å². The first-order chi connectivity index (χ1) is 6.88. The summed E-state index contributed by atoms with van der Waals surface area (Å²) in [4.78, 5) is 1.53. The van der Waals surface area contributed by atoms with Gasteiger partial charge in [0.15, 0.2) is 15.9 Å². The van der Waals surface area contributed by atoms with Gasteiger partial charge in [0.05, 0.1) is 0 Å². The SMILES string of the molecule is C[Si](C)(C)CCOCn1nc(Br)c(Br)n1. The Labute approximate surface area is 108 Å². The Hall–Kier alpha value is 0.277. The summed E-state index contributed by atoms with van der Waals surface area (Å²) in [5, 5.41) is 8.21. The van der Waals surface area contributed by atoms with Crippen molar-refractivity contribution in [3.8, 4) is 0 Å². The fraction of sp³-hybridized carbons (Fsp3) is 0.750. The quantitative estimate of drug-likeness (QED) is 0.601. The largest absolute Gasteiger partial charge is 0.358 e. The smallest absolute Gasteiger partial charge is 0.162 e. The third kappa shape index (κ3) is 5.23. The number of halogens is 2. The first kappa shape index (κ1) is 13.3. The second-order valence-electron chi connectivity index (χ2n) is 4.50. The van der Waals surface area contributed by atoms with E-state index in [-0.39, 0.29) is 0 Å². The molecule has 0 aliphatic rings. The van der Waals surface area contributed by atoms with E-state index in [1.165, 1.54) is 4.80 Å². The van der Waals surface area contributed by atoms with E-state index in [9.17, 15) is 0 Å². The van der Waals surface area contributed by atoms with Crippen LogP contribution in [-0.2, 0) is 11.5 Å². The topological polar surface area (TPSA) is 39.9 Å². The van der Waals surface area contributed by atoms with Gasteiger partial charge >= 0.3 is 0 Å². The van der Waals surface area contributed by atoms with Crippen molar-refractivity contribution in [3.05, 3.63) is 9.21 Å². The third-order valence-corrected chi connectivity index (χ3v) is 5.08. The van der Waals surface area contributed by atoms with Gasteiger partial charge in [-0.25, -0.2) is 0 Å². The van der Waals surface area contributed by atoms with Crippen LogP contribution in [0.5, 0.6) is 0 Å². The molecule has 7 heteroatoms. The summed E-state index contributed by atoms with van der Waals surface area (Å²) in [6.45, 7) is 8.18. The highest BCUT2D eigenvalue weighted by Crippen LogP contribution is 2.16. The molecule has 0 atom stereocenters. The summed E-state index contributed by atoms with van der Waals surface area (Å²) < 4.78 is 6.90. The number of nitrogens with zero attached hydrogens (tertiary/aromatic N) is 3. The molecule has 15 heavy (non-hydrogen) atoms. The minimum absolute atomic E-state index is 0.411. The van der Waals surface area contributed by atoms with E-state index in [0.29, 0.717) is 15.9 Å². The summed E-state index contributed by atoms with van der Waals surface area (Å²) in [6.07, 6.45) is 0. The van der Waals surface area contributed by atoms with E-state index in [0.717, 1.165) is 12.7 Å². The van der Waals surface area contributed by atoms with Gasteiger partial charge in [0, 0.05) is 14.7 Å². The van der Waals surface area contributed by atoms with Crippen molar-refractivity contribution in [3.63, 3.8) is 0 Å². The van der Waals surface area contributed by atoms with Crippen molar-refractivity contribution < 1.29 is 4.74 Å². The molecule has 0 aliphatic carbocycles. The van der Waals surface area contributed by atoms with Crippen molar-refractivity contribution in [2.24, 2.45) is 0 Å². The highest BCUT2D eigenvalue weighted by Gasteiger charge is 2.12. The van der Waals surface area contributed by atoms with Gasteiger partial charge in [-0.3, -0.25) is 0 Å². The lowest BCUT2D eigenvalue weighted by atomic mass is 10.8. The van der Waals surface area contributed by atoms with Crippen LogP contribution in [0.25, 0.3) is 0 Å². The highest BCUT2D eigenvalue weighted by atomic mass is 79.9. The molecule has 1 heterocycles. The molecule has 0 amide bonds. The van der Waals surface area contributed by atoms with E-state index in [2.05, 4.69) is 61.7 Å². The fourth-order valence-electron chi connectivity index (χ4n) is 0.890. The molecular weight excluding hydrogens is 342 g/mol. The predicted octanol–water partition coefficient (Wildman–Crippen LogP) is 3.12. The van der Waals surface area contributed by atoms with Gasteiger partial charge in [-0.2, -0.15) is 4.80 Å². The molecule has 4 nitrogen and oxygen atoms in total. The Kier molecular flexibility index (Phi) is 4.94. The van der Waals surface area contributed by atoms with Crippen LogP contribution >= 0.6 is 31.9 Å². The molecule has 0 fully saturated rings. The van der Waals surface area contributed by atoms with E-state index >= 15 is 0 Å². The maximum atomic E-state index is 5.50. The average Bonchev–Trinajstić information content (AvgIpc) is 2.39. The molecule has 0 aromatic carbocycles. The van der Waals surface area contributed by atoms with E-state index in [1.54, 1.807) is 0 Å². The average molecular weight is 357 g/mol. The van der Waals surface area contributed by atoms with Crippen LogP contribution < -0.4 is 0 Å². The minimum atomic E-state index is -0.995. The standard InChI is InChI=1S/C8H15Br2N3OSi/c1-15(2,3)5-4-14-6-13-11-7(9)8(10)12-13/h4-6H2,1-3H3. The first-order valence-electron chi connectivity index (χ1n) is 4.72. The van der Waals surface area contributed by atoms with Crippen molar-refractivity contribution in [2.75, 3.05) is 6.61 Å². The maximum absolute atomic E-state index is 5.50. The van der Waals surface area contributed by atoms with Crippen LogP contribution in [0.3, 0.4) is 0 Å². The van der Waals surface area contributed by atoms with Crippen LogP contribution in [0.15, 0.2) is 9.21 Å². The number of rotatable bonds is 5. The Balaban J connectivity index is 2.26. The van der Waals surface area contributed by atoms with E-state index in [4.69, 9.17) is 4.74 Å². The molecule has 1 aromatic heterocycles. The van der Waals surface area contributed by atoms with Crippen LogP contribution in [-0.4, -0.2) is 29.7 Å². The fourth-order valence-corrected chi connectivity index (χ4v) is 2.17. The Bertz CT molecular complexity index is 305. The summed E-state index contributed by atoms with van der Waals surface area (Å²) in [7, 11) is -0.995. The second kappa shape index (κ2) is 5.56. The summed E-state index contributed by atoms with van der Waals surface area (Å²) >= 11 is 6.53. The molecule has 0 saturated carbocycles. The summed E-state index contributed by atoms with van der Waals surface area (Å²) in [6, 6.07) is 1.16. The lowest BCUT2D eigenvalue weighted by Crippen LogP contribution is -2.22. The van der Waals surface area contributed by atoms with Gasteiger partial charge in [0.2, 0.25) is 0 Å². The molecule has 0 spiro atoms. The van der Waals surface area contributed by atoms with Crippen molar-refractivity contribution >= 4 is 39.9 Å². The lowest BCUT2D eigenvalue weighted by Gasteiger charge is -2.14. The van der Waals surface area contributed by atoms with Crippen LogP contribution in [0, 0.1) is 0 Å². The Morgan fingerprint density at radius 3 is 2.20 bits per heavy atom. The number of ether oxygens (including phenoxy) is 1. The monoisotopic (exact) mass is 355 g/mol. The summed E-state index contributed by atoms with van der Waals surface area (Å²) in [5.41, 5.74) is 0. The minimum Gasteiger partial charge on any atom is -0.358 e. The lowest BCUT2D eigenvalue weighted by molar-refractivity contribution is 0.0681. The molecule has 0 aliphatic heterocycles. The van der Waals surface area contributed by atoms with Crippen molar-refractivity contribution in [1.29, 1.82) is 0 Å². The first-order valence-corrected chi connectivity index (χ1v) is 10.0. The van der Waals surface area contributed by atoms with Gasteiger partial charge < -0.3 is 4.74 Å². The molecule has 0 radical (unpaired) electrons. The Morgan fingerprint density at radius 1 is 1.20 bits per heavy atom. The van der Waals surface area contributed by atoms with E-state index in [1.807, 2.05) is 0 Å². The Morgan fingerprint density at radius 2 is 1.73 bits per heavy atom. The van der Waals surface area contributed by atoms with Crippen LogP contribution in [0.1, 0.15) is 0 Å². The molecule has 0 saturated heterocycles. The van der Waals surface area contributed by atoms with Crippen molar-refractivity contribution in [1.82, 2.24) is 15.0 Å². The zero-order valence-corrected chi connectivity index (χ0v) is 13.3. The predicted molar refractivity (Wildman–Crippen MR) is 69.5 cm³/mol. The van der Waals surface area contributed by atoms with Gasteiger partial charge in [0.1, 0.15) is 0 Å². The normalized spacial score (nSPS) is 12.1. The molecular formula is C8H15Br2N3OSi. The number of aromatic nitrogens is 3. The third-order valence-electron chi connectivity index (χ3n) is 1.78. The molecule has 0 bridgehead atoms. The molecule has 1 rings (SSSR count). The number of hydrogen-bond donors (Lipinski definition) is 0. The zero-order valence-electron chi connectivity index (χ0n) is 9.13. The van der Waals surface area contributed by atoms with E-state index < -0.39 is 8.07 Å². The maximum Gasteiger partial charge on any atom is 0.162 e.